The van der Waals surface area contributed by atoms with Gasteiger partial charge in [-0.05, 0) is 43.4 Å². The second-order valence-electron chi connectivity index (χ2n) is 4.69. The molecule has 1 rings (SSSR count). The summed E-state index contributed by atoms with van der Waals surface area (Å²) in [6.07, 6.45) is 1.63. The fourth-order valence-electron chi connectivity index (χ4n) is 1.26. The highest BCUT2D eigenvalue weighted by atomic mass is 127. The predicted octanol–water partition coefficient (Wildman–Crippen LogP) is 1.19. The number of hydrogen-bond acceptors (Lipinski definition) is 4. The lowest BCUT2D eigenvalue weighted by molar-refractivity contribution is -0.155. The lowest BCUT2D eigenvalue weighted by Gasteiger charge is -2.19. The van der Waals surface area contributed by atoms with Crippen molar-refractivity contribution in [3.8, 4) is 0 Å². The summed E-state index contributed by atoms with van der Waals surface area (Å²) in [6, 6.07) is 0. The summed E-state index contributed by atoms with van der Waals surface area (Å²) in [5.41, 5.74) is -0.220. The number of hydrogen-bond donors (Lipinski definition) is 1. The number of esters is 1. The van der Waals surface area contributed by atoms with Crippen molar-refractivity contribution in [3.05, 3.63) is 15.5 Å². The van der Waals surface area contributed by atoms with Gasteiger partial charge < -0.3 is 10.1 Å². The number of rotatable bonds is 3. The average Bonchev–Trinajstić information content (AvgIpc) is 2.55. The second-order valence-corrected chi connectivity index (χ2v) is 5.85. The van der Waals surface area contributed by atoms with E-state index in [1.807, 2.05) is 22.6 Å². The second kappa shape index (κ2) is 5.68. The molecule has 0 fully saturated rings. The SMILES string of the molecule is CNC(=O)c1nn(CC(=O)OC(C)(C)C)cc1I. The fraction of sp³-hybridized carbons (Fsp3) is 0.545. The first-order valence-corrected chi connectivity index (χ1v) is 6.47. The van der Waals surface area contributed by atoms with E-state index in [9.17, 15) is 9.59 Å². The first-order chi connectivity index (χ1) is 8.23. The third-order valence-corrected chi connectivity index (χ3v) is 2.66. The van der Waals surface area contributed by atoms with E-state index >= 15 is 0 Å². The number of carbonyl (C=O) groups is 2. The molecule has 0 aliphatic rings. The van der Waals surface area contributed by atoms with Gasteiger partial charge in [-0.2, -0.15) is 5.10 Å². The molecule has 1 N–H and O–H groups in total. The zero-order valence-electron chi connectivity index (χ0n) is 10.8. The highest BCUT2D eigenvalue weighted by Crippen LogP contribution is 2.11. The first kappa shape index (κ1) is 14.9. The van der Waals surface area contributed by atoms with Crippen LogP contribution in [0.15, 0.2) is 6.20 Å². The smallest absolute Gasteiger partial charge is 0.328 e. The van der Waals surface area contributed by atoms with E-state index in [2.05, 4.69) is 10.4 Å². The van der Waals surface area contributed by atoms with Crippen molar-refractivity contribution in [2.75, 3.05) is 7.05 Å². The minimum atomic E-state index is -0.527. The Labute approximate surface area is 119 Å². The van der Waals surface area contributed by atoms with E-state index < -0.39 is 5.60 Å². The van der Waals surface area contributed by atoms with Crippen molar-refractivity contribution < 1.29 is 14.3 Å². The molecule has 0 aliphatic heterocycles. The van der Waals surface area contributed by atoms with Crippen molar-refractivity contribution in [1.82, 2.24) is 15.1 Å². The third kappa shape index (κ3) is 4.28. The molecule has 0 spiro atoms. The Hall–Kier alpha value is -1.12. The van der Waals surface area contributed by atoms with Crippen molar-refractivity contribution in [2.24, 2.45) is 0 Å². The predicted molar refractivity (Wildman–Crippen MR) is 74.2 cm³/mol. The topological polar surface area (TPSA) is 73.2 Å². The molecule has 7 heteroatoms. The molecular weight excluding hydrogens is 349 g/mol. The van der Waals surface area contributed by atoms with Crippen LogP contribution in [-0.2, 0) is 16.1 Å². The molecule has 0 unspecified atom stereocenters. The highest BCUT2D eigenvalue weighted by Gasteiger charge is 2.19. The summed E-state index contributed by atoms with van der Waals surface area (Å²) >= 11 is 2.00. The van der Waals surface area contributed by atoms with Gasteiger partial charge in [-0.1, -0.05) is 0 Å². The molecule has 1 heterocycles. The molecule has 1 amide bonds. The Bertz CT molecular complexity index is 463. The van der Waals surface area contributed by atoms with Gasteiger partial charge in [0.05, 0.1) is 3.57 Å². The summed E-state index contributed by atoms with van der Waals surface area (Å²) in [4.78, 5) is 23.1. The maximum atomic E-state index is 11.6. The molecule has 18 heavy (non-hydrogen) atoms. The highest BCUT2D eigenvalue weighted by molar-refractivity contribution is 14.1. The van der Waals surface area contributed by atoms with Gasteiger partial charge in [0.2, 0.25) is 0 Å². The van der Waals surface area contributed by atoms with Crippen LogP contribution < -0.4 is 5.32 Å². The maximum Gasteiger partial charge on any atom is 0.328 e. The largest absolute Gasteiger partial charge is 0.459 e. The van der Waals surface area contributed by atoms with Gasteiger partial charge in [-0.25, -0.2) is 0 Å². The zero-order valence-corrected chi connectivity index (χ0v) is 12.9. The molecule has 0 saturated carbocycles. The Kier molecular flexibility index (Phi) is 4.71. The standard InChI is InChI=1S/C11H16IN3O3/c1-11(2,3)18-8(16)6-15-5-7(12)9(14-15)10(17)13-4/h5H,6H2,1-4H3,(H,13,17). The molecule has 0 saturated heterocycles. The molecule has 0 aliphatic carbocycles. The molecule has 0 radical (unpaired) electrons. The van der Waals surface area contributed by atoms with Crippen molar-refractivity contribution >= 4 is 34.5 Å². The summed E-state index contributed by atoms with van der Waals surface area (Å²) in [6.45, 7) is 5.39. The van der Waals surface area contributed by atoms with Crippen LogP contribution in [0.25, 0.3) is 0 Å². The minimum absolute atomic E-state index is 0.00966. The average molecular weight is 365 g/mol. The minimum Gasteiger partial charge on any atom is -0.459 e. The van der Waals surface area contributed by atoms with E-state index in [-0.39, 0.29) is 18.4 Å². The van der Waals surface area contributed by atoms with Crippen molar-refractivity contribution in [3.63, 3.8) is 0 Å². The van der Waals surface area contributed by atoms with Crippen LogP contribution in [0.5, 0.6) is 0 Å². The summed E-state index contributed by atoms with van der Waals surface area (Å²) < 4.78 is 7.27. The number of amides is 1. The molecule has 6 nitrogen and oxygen atoms in total. The van der Waals surface area contributed by atoms with Crippen LogP contribution in [0.4, 0.5) is 0 Å². The van der Waals surface area contributed by atoms with E-state index in [0.29, 0.717) is 9.26 Å². The monoisotopic (exact) mass is 365 g/mol. The number of halogens is 1. The lowest BCUT2D eigenvalue weighted by atomic mass is 10.2. The number of nitrogens with zero attached hydrogens (tertiary/aromatic N) is 2. The van der Waals surface area contributed by atoms with Crippen molar-refractivity contribution in [1.29, 1.82) is 0 Å². The van der Waals surface area contributed by atoms with Crippen LogP contribution in [0, 0.1) is 3.57 Å². The zero-order chi connectivity index (χ0) is 13.9. The fourth-order valence-corrected chi connectivity index (χ4v) is 1.93. The molecule has 0 aromatic carbocycles. The van der Waals surface area contributed by atoms with Gasteiger partial charge in [-0.15, -0.1) is 0 Å². The van der Waals surface area contributed by atoms with Crippen LogP contribution in [0.3, 0.4) is 0 Å². The van der Waals surface area contributed by atoms with Gasteiger partial charge in [-0.3, -0.25) is 14.3 Å². The Balaban J connectivity index is 2.75. The first-order valence-electron chi connectivity index (χ1n) is 5.40. The van der Waals surface area contributed by atoms with Gasteiger partial charge in [0.25, 0.3) is 5.91 Å². The Morgan fingerprint density at radius 2 is 2.11 bits per heavy atom. The van der Waals surface area contributed by atoms with E-state index in [4.69, 9.17) is 4.74 Å². The molecule has 0 atom stereocenters. The van der Waals surface area contributed by atoms with E-state index in [1.165, 1.54) is 11.7 Å². The Morgan fingerprint density at radius 3 is 2.61 bits per heavy atom. The van der Waals surface area contributed by atoms with Gasteiger partial charge in [0, 0.05) is 13.2 Å². The molecule has 1 aromatic heterocycles. The quantitative estimate of drug-likeness (QED) is 0.645. The van der Waals surface area contributed by atoms with E-state index in [0.717, 1.165) is 0 Å². The molecule has 0 bridgehead atoms. The normalized spacial score (nSPS) is 11.2. The number of aromatic nitrogens is 2. The summed E-state index contributed by atoms with van der Waals surface area (Å²) in [5.74, 6) is -0.660. The van der Waals surface area contributed by atoms with Crippen LogP contribution in [0.2, 0.25) is 0 Å². The van der Waals surface area contributed by atoms with Gasteiger partial charge >= 0.3 is 5.97 Å². The maximum absolute atomic E-state index is 11.6. The van der Waals surface area contributed by atoms with E-state index in [1.54, 1.807) is 27.0 Å². The van der Waals surface area contributed by atoms with Crippen LogP contribution >= 0.6 is 22.6 Å². The Morgan fingerprint density at radius 1 is 1.50 bits per heavy atom. The number of ether oxygens (including phenoxy) is 1. The molecule has 1 aromatic rings. The van der Waals surface area contributed by atoms with Crippen LogP contribution in [0.1, 0.15) is 31.3 Å². The third-order valence-electron chi connectivity index (χ3n) is 1.87. The lowest BCUT2D eigenvalue weighted by Crippen LogP contribution is -2.27. The van der Waals surface area contributed by atoms with Crippen molar-refractivity contribution in [2.45, 2.75) is 32.9 Å². The molecular formula is C11H16IN3O3. The number of carbonyl (C=O) groups excluding carboxylic acids is 2. The number of nitrogens with one attached hydrogen (secondary N) is 1. The van der Waals surface area contributed by atoms with Crippen LogP contribution in [-0.4, -0.2) is 34.3 Å². The van der Waals surface area contributed by atoms with Gasteiger partial charge in [0.1, 0.15) is 12.1 Å². The molecule has 100 valence electrons. The summed E-state index contributed by atoms with van der Waals surface area (Å²) in [7, 11) is 1.53. The summed E-state index contributed by atoms with van der Waals surface area (Å²) in [5, 5.41) is 6.54. The van der Waals surface area contributed by atoms with Gasteiger partial charge in [0.15, 0.2) is 5.69 Å².